The second-order valence-corrected chi connectivity index (χ2v) is 5.97. The molecule has 1 heterocycles. The number of amides is 1. The van der Waals surface area contributed by atoms with Crippen LogP contribution in [-0.4, -0.2) is 23.1 Å². The van der Waals surface area contributed by atoms with Crippen LogP contribution < -0.4 is 0 Å². The largest absolute Gasteiger partial charge is 0.322 e. The van der Waals surface area contributed by atoms with E-state index in [1.165, 1.54) is 36.4 Å². The minimum Gasteiger partial charge on any atom is -0.322 e. The van der Waals surface area contributed by atoms with Crippen LogP contribution in [0.5, 0.6) is 0 Å². The Morgan fingerprint density at radius 2 is 1.86 bits per heavy atom. The molecule has 0 saturated carbocycles. The van der Waals surface area contributed by atoms with E-state index in [9.17, 15) is 13.6 Å². The van der Waals surface area contributed by atoms with Crippen LogP contribution in [0.1, 0.15) is 21.3 Å². The maximum atomic E-state index is 13.4. The quantitative estimate of drug-likeness (QED) is 0.840. The van der Waals surface area contributed by atoms with Crippen molar-refractivity contribution in [3.8, 4) is 0 Å². The smallest absolute Gasteiger partial charge is 0.255 e. The van der Waals surface area contributed by atoms with Gasteiger partial charge in [-0.2, -0.15) is 0 Å². The van der Waals surface area contributed by atoms with E-state index in [1.54, 1.807) is 22.7 Å². The van der Waals surface area contributed by atoms with Gasteiger partial charge >= 0.3 is 0 Å². The Hall–Kier alpha value is -1.88. The summed E-state index contributed by atoms with van der Waals surface area (Å²) in [6, 6.07) is 11.8. The molecule has 1 amide bonds. The topological polar surface area (TPSA) is 20.3 Å². The van der Waals surface area contributed by atoms with Crippen LogP contribution in [0, 0.1) is 11.6 Å². The molecule has 0 N–H and O–H groups in total. The zero-order chi connectivity index (χ0) is 14.8. The Morgan fingerprint density at radius 1 is 1.10 bits per heavy atom. The average Bonchev–Trinajstić information content (AvgIpc) is 2.97. The third kappa shape index (κ3) is 2.93. The van der Waals surface area contributed by atoms with Crippen LogP contribution in [-0.2, 0) is 0 Å². The maximum absolute atomic E-state index is 13.4. The van der Waals surface area contributed by atoms with Crippen LogP contribution in [0.3, 0.4) is 0 Å². The first-order valence-corrected chi connectivity index (χ1v) is 7.63. The monoisotopic (exact) mass is 305 g/mol. The van der Waals surface area contributed by atoms with Crippen molar-refractivity contribution in [3.05, 3.63) is 71.3 Å². The highest BCUT2D eigenvalue weighted by atomic mass is 32.2. The van der Waals surface area contributed by atoms with E-state index in [0.717, 1.165) is 11.3 Å². The molecule has 1 aliphatic rings. The lowest BCUT2D eigenvalue weighted by molar-refractivity contribution is 0.0760. The van der Waals surface area contributed by atoms with Crippen LogP contribution in [0.4, 0.5) is 8.78 Å². The van der Waals surface area contributed by atoms with Crippen molar-refractivity contribution >= 4 is 17.7 Å². The van der Waals surface area contributed by atoms with Crippen molar-refractivity contribution in [1.82, 2.24) is 4.90 Å². The number of thioether (sulfide) groups is 1. The highest BCUT2D eigenvalue weighted by Gasteiger charge is 2.31. The molecule has 0 unspecified atom stereocenters. The fourth-order valence-corrected chi connectivity index (χ4v) is 3.62. The number of benzene rings is 2. The molecule has 0 aromatic heterocycles. The van der Waals surface area contributed by atoms with Gasteiger partial charge in [-0.15, -0.1) is 11.8 Å². The fraction of sp³-hybridized carbons (Fsp3) is 0.188. The summed E-state index contributed by atoms with van der Waals surface area (Å²) in [6.07, 6.45) is 0. The van der Waals surface area contributed by atoms with E-state index >= 15 is 0 Å². The maximum Gasteiger partial charge on any atom is 0.255 e. The number of hydrogen-bond donors (Lipinski definition) is 0. The number of rotatable bonds is 2. The number of carbonyl (C=O) groups excluding carboxylic acids is 1. The van der Waals surface area contributed by atoms with Crippen LogP contribution in [0.2, 0.25) is 0 Å². The van der Waals surface area contributed by atoms with Gasteiger partial charge in [0.05, 0.1) is 0 Å². The number of nitrogens with zero attached hydrogens (tertiary/aromatic N) is 1. The molecule has 1 saturated heterocycles. The zero-order valence-electron chi connectivity index (χ0n) is 11.1. The van der Waals surface area contributed by atoms with Crippen molar-refractivity contribution in [3.63, 3.8) is 0 Å². The molecule has 21 heavy (non-hydrogen) atoms. The Morgan fingerprint density at radius 3 is 2.57 bits per heavy atom. The second kappa shape index (κ2) is 5.85. The van der Waals surface area contributed by atoms with E-state index in [1.807, 2.05) is 6.07 Å². The normalized spacial score (nSPS) is 18.0. The predicted octanol–water partition coefficient (Wildman–Crippen LogP) is 3.85. The summed E-state index contributed by atoms with van der Waals surface area (Å²) >= 11 is 1.60. The van der Waals surface area contributed by atoms with Gasteiger partial charge in [-0.25, -0.2) is 8.78 Å². The van der Waals surface area contributed by atoms with Gasteiger partial charge in [-0.3, -0.25) is 4.79 Å². The Labute approximate surface area is 125 Å². The molecular formula is C16H13F2NOS. The van der Waals surface area contributed by atoms with Crippen LogP contribution >= 0.6 is 11.8 Å². The second-order valence-electron chi connectivity index (χ2n) is 4.78. The van der Waals surface area contributed by atoms with E-state index in [2.05, 4.69) is 0 Å². The van der Waals surface area contributed by atoms with Gasteiger partial charge in [0.25, 0.3) is 5.91 Å². The minimum atomic E-state index is -0.371. The lowest BCUT2D eigenvalue weighted by Crippen LogP contribution is -2.30. The van der Waals surface area contributed by atoms with E-state index < -0.39 is 0 Å². The first-order valence-electron chi connectivity index (χ1n) is 6.59. The molecule has 1 aliphatic heterocycles. The molecule has 0 spiro atoms. The average molecular weight is 305 g/mol. The van der Waals surface area contributed by atoms with Gasteiger partial charge in [-0.1, -0.05) is 12.1 Å². The molecule has 5 heteroatoms. The SMILES string of the molecule is O=C(c1ccc(F)cc1)N1CCS[C@@H]1c1cccc(F)c1. The third-order valence-electron chi connectivity index (χ3n) is 3.38. The Balaban J connectivity index is 1.87. The minimum absolute atomic E-state index is 0.158. The van der Waals surface area contributed by atoms with Crippen molar-refractivity contribution in [2.45, 2.75) is 5.37 Å². The van der Waals surface area contributed by atoms with Gasteiger partial charge in [0.15, 0.2) is 0 Å². The summed E-state index contributed by atoms with van der Waals surface area (Å²) in [4.78, 5) is 14.2. The summed E-state index contributed by atoms with van der Waals surface area (Å²) in [5.74, 6) is -0.0406. The van der Waals surface area contributed by atoms with Gasteiger partial charge in [0.2, 0.25) is 0 Å². The summed E-state index contributed by atoms with van der Waals surface area (Å²) in [5, 5.41) is -0.196. The molecule has 2 aromatic rings. The molecule has 0 radical (unpaired) electrons. The van der Waals surface area contributed by atoms with Crippen molar-refractivity contribution in [1.29, 1.82) is 0 Å². The first kappa shape index (κ1) is 14.1. The predicted molar refractivity (Wildman–Crippen MR) is 79.0 cm³/mol. The molecule has 1 atom stereocenters. The van der Waals surface area contributed by atoms with Gasteiger partial charge < -0.3 is 4.90 Å². The molecule has 0 bridgehead atoms. The molecular weight excluding hydrogens is 292 g/mol. The van der Waals surface area contributed by atoms with Crippen molar-refractivity contribution < 1.29 is 13.6 Å². The highest BCUT2D eigenvalue weighted by Crippen LogP contribution is 2.38. The Bertz CT molecular complexity index is 660. The molecule has 0 aliphatic carbocycles. The standard InChI is InChI=1S/C16H13F2NOS/c17-13-6-4-11(5-7-13)15(20)19-8-9-21-16(19)12-2-1-3-14(18)10-12/h1-7,10,16H,8-9H2/t16-/m1/s1. The molecule has 2 nitrogen and oxygen atoms in total. The summed E-state index contributed by atoms with van der Waals surface area (Å²) in [7, 11) is 0. The molecule has 1 fully saturated rings. The molecule has 108 valence electrons. The number of halogens is 2. The van der Waals surface area contributed by atoms with Gasteiger partial charge in [0.1, 0.15) is 17.0 Å². The van der Waals surface area contributed by atoms with Crippen LogP contribution in [0.15, 0.2) is 48.5 Å². The van der Waals surface area contributed by atoms with Crippen LogP contribution in [0.25, 0.3) is 0 Å². The van der Waals surface area contributed by atoms with E-state index in [-0.39, 0.29) is 22.9 Å². The first-order chi connectivity index (χ1) is 10.1. The number of carbonyl (C=O) groups is 1. The summed E-state index contributed by atoms with van der Waals surface area (Å²) < 4.78 is 26.3. The van der Waals surface area contributed by atoms with Gasteiger partial charge in [-0.05, 0) is 42.0 Å². The van der Waals surface area contributed by atoms with E-state index in [4.69, 9.17) is 0 Å². The lowest BCUT2D eigenvalue weighted by atomic mass is 10.1. The Kier molecular flexibility index (Phi) is 3.92. The summed E-state index contributed by atoms with van der Waals surface area (Å²) in [6.45, 7) is 0.599. The highest BCUT2D eigenvalue weighted by molar-refractivity contribution is 7.99. The van der Waals surface area contributed by atoms with Crippen molar-refractivity contribution in [2.24, 2.45) is 0 Å². The fourth-order valence-electron chi connectivity index (χ4n) is 2.37. The lowest BCUT2D eigenvalue weighted by Gasteiger charge is -2.24. The van der Waals surface area contributed by atoms with E-state index in [0.29, 0.717) is 12.1 Å². The molecule has 2 aromatic carbocycles. The van der Waals surface area contributed by atoms with Gasteiger partial charge in [0, 0.05) is 17.9 Å². The summed E-state index contributed by atoms with van der Waals surface area (Å²) in [5.41, 5.74) is 1.22. The van der Waals surface area contributed by atoms with Crippen molar-refractivity contribution in [2.75, 3.05) is 12.3 Å². The number of hydrogen-bond acceptors (Lipinski definition) is 2. The molecule has 3 rings (SSSR count). The zero-order valence-corrected chi connectivity index (χ0v) is 11.9. The third-order valence-corrected chi connectivity index (χ3v) is 4.64.